The van der Waals surface area contributed by atoms with Gasteiger partial charge in [0.2, 0.25) is 0 Å². The van der Waals surface area contributed by atoms with Crippen LogP contribution in [0.3, 0.4) is 0 Å². The van der Waals surface area contributed by atoms with E-state index in [0.717, 1.165) is 0 Å². The Kier molecular flexibility index (Phi) is 20.8. The van der Waals surface area contributed by atoms with E-state index in [1.807, 2.05) is 0 Å². The molecule has 0 saturated heterocycles. The van der Waals surface area contributed by atoms with Crippen LogP contribution in [0.4, 0.5) is 0 Å². The van der Waals surface area contributed by atoms with E-state index in [1.54, 1.807) is 0 Å². The molecule has 0 radical (unpaired) electrons. The van der Waals surface area contributed by atoms with E-state index in [1.165, 1.54) is 13.8 Å². The molecule has 0 aliphatic carbocycles. The molecule has 0 aliphatic rings. The molecule has 0 fully saturated rings. The average Bonchev–Trinajstić information content (AvgIpc) is 2.51. The lowest BCUT2D eigenvalue weighted by molar-refractivity contribution is -0.158. The SMILES string of the molecule is CC(=O)OC(C)=O.O=COC=O.[N-]=[N+]=NCC(=O)OC(=O)CN=[N+]=[N-]. The molecule has 0 aromatic rings. The number of ether oxygens (including phenoxy) is 3. The van der Waals surface area contributed by atoms with Crippen LogP contribution in [0.5, 0.6) is 0 Å². The number of hydrogen-bond acceptors (Lipinski definition) is 11. The molecule has 15 nitrogen and oxygen atoms in total. The van der Waals surface area contributed by atoms with Crippen LogP contribution in [0.2, 0.25) is 0 Å². The van der Waals surface area contributed by atoms with E-state index >= 15 is 0 Å². The highest BCUT2D eigenvalue weighted by atomic mass is 16.6. The lowest BCUT2D eigenvalue weighted by Crippen LogP contribution is -2.16. The summed E-state index contributed by atoms with van der Waals surface area (Å²) in [4.78, 5) is 63.1. The van der Waals surface area contributed by atoms with Crippen molar-refractivity contribution in [3.63, 3.8) is 0 Å². The molecule has 0 aliphatic heterocycles. The first-order valence-electron chi connectivity index (χ1n) is 5.72. The van der Waals surface area contributed by atoms with Gasteiger partial charge in [0.1, 0.15) is 13.1 Å². The van der Waals surface area contributed by atoms with Gasteiger partial charge in [0.15, 0.2) is 0 Å². The minimum atomic E-state index is -0.990. The van der Waals surface area contributed by atoms with Gasteiger partial charge < -0.3 is 14.2 Å². The van der Waals surface area contributed by atoms with Crippen molar-refractivity contribution in [2.45, 2.75) is 13.8 Å². The third-order valence-corrected chi connectivity index (χ3v) is 1.15. The molecule has 0 aromatic heterocycles. The molecule has 0 spiro atoms. The fourth-order valence-corrected chi connectivity index (χ4v) is 0.595. The van der Waals surface area contributed by atoms with E-state index in [0.29, 0.717) is 0 Å². The summed E-state index contributed by atoms with van der Waals surface area (Å²) < 4.78 is 11.5. The van der Waals surface area contributed by atoms with Crippen LogP contribution in [0, 0.1) is 0 Å². The number of hydrogen-bond donors (Lipinski definition) is 0. The van der Waals surface area contributed by atoms with E-state index in [4.69, 9.17) is 20.7 Å². The molecule has 0 aromatic carbocycles. The van der Waals surface area contributed by atoms with Gasteiger partial charge in [-0.3, -0.25) is 28.8 Å². The molecule has 0 heterocycles. The maximum Gasteiger partial charge on any atom is 0.319 e. The second-order valence-electron chi connectivity index (χ2n) is 3.04. The first-order valence-corrected chi connectivity index (χ1v) is 5.72. The lowest BCUT2D eigenvalue weighted by atomic mass is 10.6. The zero-order valence-corrected chi connectivity index (χ0v) is 12.9. The fraction of sp³-hybridized carbons (Fsp3) is 0.400. The Morgan fingerprint density at radius 1 is 0.840 bits per heavy atom. The molecular formula is C10H12N6O9. The number of esters is 4. The minimum absolute atomic E-state index is 0.0625. The summed E-state index contributed by atoms with van der Waals surface area (Å²) in [6.45, 7) is 1.35. The Morgan fingerprint density at radius 2 is 1.20 bits per heavy atom. The molecule has 25 heavy (non-hydrogen) atoms. The summed E-state index contributed by atoms with van der Waals surface area (Å²) in [6.07, 6.45) is 0. The summed E-state index contributed by atoms with van der Waals surface area (Å²) in [6, 6.07) is 0. The summed E-state index contributed by atoms with van der Waals surface area (Å²) in [5, 5.41) is 5.71. The first kappa shape index (κ1) is 26.0. The average molecular weight is 360 g/mol. The molecule has 0 N–H and O–H groups in total. The van der Waals surface area contributed by atoms with Crippen LogP contribution >= 0.6 is 0 Å². The number of rotatable bonds is 6. The van der Waals surface area contributed by atoms with Gasteiger partial charge in [0.25, 0.3) is 0 Å². The van der Waals surface area contributed by atoms with Gasteiger partial charge in [-0.05, 0) is 11.1 Å². The second kappa shape index (κ2) is 20.0. The summed E-state index contributed by atoms with van der Waals surface area (Å²) >= 11 is 0. The topological polar surface area (TPSA) is 228 Å². The van der Waals surface area contributed by atoms with Gasteiger partial charge in [-0.25, -0.2) is 0 Å². The molecule has 0 rings (SSSR count). The molecule has 136 valence electrons. The number of carbonyl (C=O) groups is 6. The normalized spacial score (nSPS) is 7.28. The van der Waals surface area contributed by atoms with E-state index in [2.05, 4.69) is 34.3 Å². The van der Waals surface area contributed by atoms with Crippen LogP contribution in [0.1, 0.15) is 13.8 Å². The van der Waals surface area contributed by atoms with Gasteiger partial charge in [0.05, 0.1) is 0 Å². The zero-order chi connectivity index (χ0) is 20.1. The van der Waals surface area contributed by atoms with Crippen molar-refractivity contribution in [3.8, 4) is 0 Å². The summed E-state index contributed by atoms with van der Waals surface area (Å²) in [7, 11) is 0. The number of nitrogens with zero attached hydrogens (tertiary/aromatic N) is 6. The molecule has 0 saturated carbocycles. The first-order chi connectivity index (χ1) is 11.7. The van der Waals surface area contributed by atoms with E-state index < -0.39 is 37.0 Å². The van der Waals surface area contributed by atoms with Gasteiger partial charge in [-0.1, -0.05) is 10.2 Å². The quantitative estimate of drug-likeness (QED) is 0.119. The third kappa shape index (κ3) is 33.1. The zero-order valence-electron chi connectivity index (χ0n) is 12.9. The molecule has 15 heteroatoms. The highest BCUT2D eigenvalue weighted by molar-refractivity contribution is 5.87. The predicted molar refractivity (Wildman–Crippen MR) is 74.8 cm³/mol. The van der Waals surface area contributed by atoms with Gasteiger partial charge in [-0.15, -0.1) is 0 Å². The highest BCUT2D eigenvalue weighted by Gasteiger charge is 2.07. The fourth-order valence-electron chi connectivity index (χ4n) is 0.595. The Morgan fingerprint density at radius 3 is 1.36 bits per heavy atom. The molecule has 0 unspecified atom stereocenters. The maximum absolute atomic E-state index is 10.5. The Hall–Kier alpha value is -3.96. The summed E-state index contributed by atoms with van der Waals surface area (Å²) in [5.41, 5.74) is 15.6. The second-order valence-corrected chi connectivity index (χ2v) is 3.04. The Labute approximate surface area is 139 Å². The van der Waals surface area contributed by atoms with Crippen molar-refractivity contribution in [1.82, 2.24) is 0 Å². The van der Waals surface area contributed by atoms with E-state index in [-0.39, 0.29) is 12.9 Å². The van der Waals surface area contributed by atoms with Gasteiger partial charge in [-0.2, -0.15) is 0 Å². The summed E-state index contributed by atoms with van der Waals surface area (Å²) in [5.74, 6) is -3.10. The predicted octanol–water partition coefficient (Wildman–Crippen LogP) is 0.0886. The number of carbonyl (C=O) groups excluding carboxylic acids is 6. The van der Waals surface area contributed by atoms with Crippen molar-refractivity contribution in [3.05, 3.63) is 20.9 Å². The molecule has 0 atom stereocenters. The van der Waals surface area contributed by atoms with Crippen molar-refractivity contribution in [1.29, 1.82) is 0 Å². The van der Waals surface area contributed by atoms with Crippen LogP contribution in [-0.2, 0) is 43.0 Å². The van der Waals surface area contributed by atoms with Crippen molar-refractivity contribution in [2.24, 2.45) is 10.2 Å². The Bertz CT molecular complexity index is 529. The lowest BCUT2D eigenvalue weighted by Gasteiger charge is -1.95. The van der Waals surface area contributed by atoms with Gasteiger partial charge in [0, 0.05) is 23.7 Å². The molecule has 0 amide bonds. The van der Waals surface area contributed by atoms with Gasteiger partial charge >= 0.3 is 36.8 Å². The third-order valence-electron chi connectivity index (χ3n) is 1.15. The van der Waals surface area contributed by atoms with E-state index in [9.17, 15) is 19.2 Å². The highest BCUT2D eigenvalue weighted by Crippen LogP contribution is 1.84. The van der Waals surface area contributed by atoms with Crippen molar-refractivity contribution >= 4 is 36.8 Å². The smallest absolute Gasteiger partial charge is 0.319 e. The molecular weight excluding hydrogens is 348 g/mol. The molecule has 0 bridgehead atoms. The van der Waals surface area contributed by atoms with Crippen LogP contribution < -0.4 is 0 Å². The maximum atomic E-state index is 10.5. The Balaban J connectivity index is -0.000000337. The van der Waals surface area contributed by atoms with Crippen LogP contribution in [-0.4, -0.2) is 49.9 Å². The van der Waals surface area contributed by atoms with Crippen LogP contribution in [0.25, 0.3) is 20.9 Å². The standard InChI is InChI=1S/C4H4N6O3.C4H6O3.C2H2O3/c5-9-7-1-3(11)13-4(12)2-8-10-6;1-3(5)7-4(2)6;3-1-5-2-4/h1-2H2;1-2H3;1-2H. The monoisotopic (exact) mass is 360 g/mol. The number of azide groups is 2. The largest absolute Gasteiger partial charge is 0.398 e. The van der Waals surface area contributed by atoms with Crippen molar-refractivity contribution in [2.75, 3.05) is 13.1 Å². The van der Waals surface area contributed by atoms with Crippen molar-refractivity contribution < 1.29 is 43.0 Å². The minimum Gasteiger partial charge on any atom is -0.398 e. The van der Waals surface area contributed by atoms with Crippen LogP contribution in [0.15, 0.2) is 10.2 Å².